The summed E-state index contributed by atoms with van der Waals surface area (Å²) in [5.41, 5.74) is 0.491. The molecule has 0 aliphatic carbocycles. The Balaban J connectivity index is 0.00000261. The monoisotopic (exact) mass is 417 g/mol. The smallest absolute Gasteiger partial charge is 0.227 e. The number of carbonyl (C=O) groups excluding carboxylic acids is 2. The molecule has 2 fully saturated rings. The lowest BCUT2D eigenvalue weighted by atomic mass is 9.95. The molecule has 1 unspecified atom stereocenters. The fraction of sp³-hybridized carbons (Fsp3) is 0.579. The Labute approximate surface area is 170 Å². The van der Waals surface area contributed by atoms with E-state index in [2.05, 4.69) is 10.6 Å². The highest BCUT2D eigenvalue weighted by Gasteiger charge is 2.28. The van der Waals surface area contributed by atoms with Crippen LogP contribution in [0.2, 0.25) is 5.02 Å². The number of amides is 2. The fourth-order valence-corrected chi connectivity index (χ4v) is 3.84. The minimum absolute atomic E-state index is 0. The maximum Gasteiger partial charge on any atom is 0.227 e. The van der Waals surface area contributed by atoms with Crippen molar-refractivity contribution in [2.24, 2.45) is 11.8 Å². The van der Waals surface area contributed by atoms with Gasteiger partial charge in [0.25, 0.3) is 0 Å². The molecule has 2 N–H and O–H groups in total. The van der Waals surface area contributed by atoms with Crippen molar-refractivity contribution in [3.8, 4) is 0 Å². The van der Waals surface area contributed by atoms with Crippen LogP contribution in [0.1, 0.15) is 32.1 Å². The highest BCUT2D eigenvalue weighted by atomic mass is 35.5. The zero-order valence-corrected chi connectivity index (χ0v) is 16.8. The molecule has 8 heteroatoms. The predicted octanol–water partition coefficient (Wildman–Crippen LogP) is 3.47. The number of benzene rings is 1. The SMILES string of the molecule is Cl.O=C(Nc1ccc(F)c(Cl)c1)C1CCN(C(=O)CCC2CCNC2)CC1. The Morgan fingerprint density at radius 3 is 2.63 bits per heavy atom. The van der Waals surface area contributed by atoms with Crippen molar-refractivity contribution >= 4 is 41.5 Å². The van der Waals surface area contributed by atoms with Crippen LogP contribution in [0.4, 0.5) is 10.1 Å². The third kappa shape index (κ3) is 6.06. The van der Waals surface area contributed by atoms with Gasteiger partial charge in [-0.05, 0) is 62.9 Å². The number of carbonyl (C=O) groups is 2. The van der Waals surface area contributed by atoms with Crippen LogP contribution >= 0.6 is 24.0 Å². The van der Waals surface area contributed by atoms with E-state index in [0.29, 0.717) is 44.0 Å². The summed E-state index contributed by atoms with van der Waals surface area (Å²) in [5, 5.41) is 6.09. The van der Waals surface area contributed by atoms with Gasteiger partial charge in [-0.3, -0.25) is 9.59 Å². The van der Waals surface area contributed by atoms with Crippen LogP contribution in [-0.2, 0) is 9.59 Å². The van der Waals surface area contributed by atoms with Crippen molar-refractivity contribution in [3.63, 3.8) is 0 Å². The van der Waals surface area contributed by atoms with Crippen molar-refractivity contribution in [2.45, 2.75) is 32.1 Å². The van der Waals surface area contributed by atoms with Crippen LogP contribution in [0.5, 0.6) is 0 Å². The standard InChI is InChI=1S/C19H25ClFN3O2.ClH/c20-16-11-15(2-3-17(16)21)23-19(26)14-6-9-24(10-7-14)18(25)4-1-13-5-8-22-12-13;/h2-3,11,13-14,22H,1,4-10,12H2,(H,23,26);1H. The molecule has 0 aromatic heterocycles. The highest BCUT2D eigenvalue weighted by molar-refractivity contribution is 6.31. The van der Waals surface area contributed by atoms with Gasteiger partial charge in [0, 0.05) is 31.1 Å². The first kappa shape index (κ1) is 21.9. The van der Waals surface area contributed by atoms with Crippen molar-refractivity contribution in [2.75, 3.05) is 31.5 Å². The van der Waals surface area contributed by atoms with Gasteiger partial charge in [0.1, 0.15) is 5.82 Å². The van der Waals surface area contributed by atoms with Crippen molar-refractivity contribution in [1.29, 1.82) is 0 Å². The zero-order valence-electron chi connectivity index (χ0n) is 15.2. The van der Waals surface area contributed by atoms with E-state index in [1.807, 2.05) is 4.90 Å². The molecule has 2 heterocycles. The first-order chi connectivity index (χ1) is 12.5. The van der Waals surface area contributed by atoms with E-state index in [0.717, 1.165) is 25.9 Å². The first-order valence-electron chi connectivity index (χ1n) is 9.27. The van der Waals surface area contributed by atoms with Crippen molar-refractivity contribution < 1.29 is 14.0 Å². The number of hydrogen-bond acceptors (Lipinski definition) is 3. The van der Waals surface area contributed by atoms with E-state index < -0.39 is 5.82 Å². The summed E-state index contributed by atoms with van der Waals surface area (Å²) in [6.07, 6.45) is 3.99. The Morgan fingerprint density at radius 1 is 1.26 bits per heavy atom. The summed E-state index contributed by atoms with van der Waals surface area (Å²) >= 11 is 5.74. The Morgan fingerprint density at radius 2 is 2.00 bits per heavy atom. The van der Waals surface area contributed by atoms with Crippen LogP contribution in [0, 0.1) is 17.7 Å². The molecule has 1 aromatic rings. The fourth-order valence-electron chi connectivity index (χ4n) is 3.66. The summed E-state index contributed by atoms with van der Waals surface area (Å²) in [6.45, 7) is 3.30. The van der Waals surface area contributed by atoms with E-state index in [1.165, 1.54) is 18.2 Å². The average Bonchev–Trinajstić information content (AvgIpc) is 3.16. The van der Waals surface area contributed by atoms with Crippen molar-refractivity contribution in [1.82, 2.24) is 10.2 Å². The van der Waals surface area contributed by atoms with Crippen LogP contribution in [0.25, 0.3) is 0 Å². The number of likely N-dealkylation sites (tertiary alicyclic amines) is 1. The molecule has 1 atom stereocenters. The number of rotatable bonds is 5. The van der Waals surface area contributed by atoms with E-state index in [-0.39, 0.29) is 35.2 Å². The molecule has 150 valence electrons. The van der Waals surface area contributed by atoms with Gasteiger partial charge in [-0.2, -0.15) is 0 Å². The molecule has 5 nitrogen and oxygen atoms in total. The van der Waals surface area contributed by atoms with Crippen molar-refractivity contribution in [3.05, 3.63) is 29.0 Å². The van der Waals surface area contributed by atoms with E-state index in [4.69, 9.17) is 11.6 Å². The largest absolute Gasteiger partial charge is 0.343 e. The van der Waals surface area contributed by atoms with Crippen LogP contribution in [0.15, 0.2) is 18.2 Å². The summed E-state index contributed by atoms with van der Waals surface area (Å²) in [6, 6.07) is 4.14. The second kappa shape index (κ2) is 10.2. The third-order valence-corrected chi connectivity index (χ3v) is 5.62. The number of nitrogens with zero attached hydrogens (tertiary/aromatic N) is 1. The molecular formula is C19H26Cl2FN3O2. The molecule has 0 saturated carbocycles. The molecule has 2 aliphatic heterocycles. The van der Waals surface area contributed by atoms with Gasteiger partial charge in [-0.1, -0.05) is 11.6 Å². The minimum Gasteiger partial charge on any atom is -0.343 e. The first-order valence-corrected chi connectivity index (χ1v) is 9.65. The number of hydrogen-bond donors (Lipinski definition) is 2. The van der Waals surface area contributed by atoms with Gasteiger partial charge in [-0.15, -0.1) is 12.4 Å². The Kier molecular flexibility index (Phi) is 8.32. The molecule has 0 radical (unpaired) electrons. The van der Waals surface area contributed by atoms with E-state index >= 15 is 0 Å². The lowest BCUT2D eigenvalue weighted by Crippen LogP contribution is -2.41. The van der Waals surface area contributed by atoms with E-state index in [9.17, 15) is 14.0 Å². The van der Waals surface area contributed by atoms with Crippen LogP contribution in [0.3, 0.4) is 0 Å². The molecule has 0 spiro atoms. The summed E-state index contributed by atoms with van der Waals surface area (Å²) in [7, 11) is 0. The number of anilines is 1. The Bertz CT molecular complexity index is 660. The molecule has 2 aliphatic rings. The van der Waals surface area contributed by atoms with Crippen LogP contribution in [-0.4, -0.2) is 42.9 Å². The predicted molar refractivity (Wildman–Crippen MR) is 107 cm³/mol. The quantitative estimate of drug-likeness (QED) is 0.770. The molecule has 27 heavy (non-hydrogen) atoms. The molecular weight excluding hydrogens is 392 g/mol. The second-order valence-electron chi connectivity index (χ2n) is 7.17. The second-order valence-corrected chi connectivity index (χ2v) is 7.58. The summed E-state index contributed by atoms with van der Waals surface area (Å²) < 4.78 is 13.2. The highest BCUT2D eigenvalue weighted by Crippen LogP contribution is 2.23. The number of piperidine rings is 1. The van der Waals surface area contributed by atoms with Gasteiger partial charge in [0.2, 0.25) is 11.8 Å². The Hall–Kier alpha value is -1.37. The zero-order chi connectivity index (χ0) is 18.5. The lowest BCUT2D eigenvalue weighted by molar-refractivity contribution is -0.134. The maximum absolute atomic E-state index is 13.2. The van der Waals surface area contributed by atoms with E-state index in [1.54, 1.807) is 0 Å². The molecule has 3 rings (SSSR count). The molecule has 2 amide bonds. The van der Waals surface area contributed by atoms with Gasteiger partial charge >= 0.3 is 0 Å². The molecule has 1 aromatic carbocycles. The normalized spacial score (nSPS) is 20.2. The average molecular weight is 418 g/mol. The van der Waals surface area contributed by atoms with Gasteiger partial charge in [-0.25, -0.2) is 4.39 Å². The van der Waals surface area contributed by atoms with Gasteiger partial charge < -0.3 is 15.5 Å². The maximum atomic E-state index is 13.2. The number of halogens is 3. The molecule has 2 saturated heterocycles. The number of nitrogens with one attached hydrogen (secondary N) is 2. The minimum atomic E-state index is -0.509. The molecule has 0 bridgehead atoms. The summed E-state index contributed by atoms with van der Waals surface area (Å²) in [4.78, 5) is 26.6. The van der Waals surface area contributed by atoms with Gasteiger partial charge in [0.15, 0.2) is 0 Å². The van der Waals surface area contributed by atoms with Crippen LogP contribution < -0.4 is 10.6 Å². The third-order valence-electron chi connectivity index (χ3n) is 5.33. The topological polar surface area (TPSA) is 61.4 Å². The summed E-state index contributed by atoms with van der Waals surface area (Å²) in [5.74, 6) is 0.0643. The lowest BCUT2D eigenvalue weighted by Gasteiger charge is -2.31. The van der Waals surface area contributed by atoms with Gasteiger partial charge in [0.05, 0.1) is 5.02 Å².